The highest BCUT2D eigenvalue weighted by Crippen LogP contribution is 2.40. The van der Waals surface area contributed by atoms with Crippen LogP contribution in [-0.4, -0.2) is 15.3 Å². The first-order valence-electron chi connectivity index (χ1n) is 5.85. The second-order valence-electron chi connectivity index (χ2n) is 4.31. The zero-order valence-corrected chi connectivity index (χ0v) is 10.2. The van der Waals surface area contributed by atoms with E-state index in [9.17, 15) is 20.1 Å². The first-order valence-corrected chi connectivity index (χ1v) is 5.85. The SMILES string of the molecule is O=c1ccc(-c2cc3ccccc3o2)c(O)c(O)c1O. The van der Waals surface area contributed by atoms with Crippen molar-refractivity contribution in [1.29, 1.82) is 0 Å². The van der Waals surface area contributed by atoms with E-state index < -0.39 is 22.7 Å². The Morgan fingerprint density at radius 1 is 0.850 bits per heavy atom. The van der Waals surface area contributed by atoms with Gasteiger partial charge in [0.1, 0.15) is 11.3 Å². The van der Waals surface area contributed by atoms with Gasteiger partial charge in [-0.1, -0.05) is 18.2 Å². The van der Waals surface area contributed by atoms with Gasteiger partial charge in [0, 0.05) is 5.39 Å². The Balaban J connectivity index is 2.32. The van der Waals surface area contributed by atoms with Crippen LogP contribution in [0.4, 0.5) is 0 Å². The molecule has 0 saturated carbocycles. The number of furan rings is 1. The first kappa shape index (κ1) is 12.1. The predicted molar refractivity (Wildman–Crippen MR) is 72.9 cm³/mol. The maximum absolute atomic E-state index is 11.4. The normalized spacial score (nSPS) is 10.8. The summed E-state index contributed by atoms with van der Waals surface area (Å²) in [6.07, 6.45) is 0. The molecule has 0 aliphatic carbocycles. The molecule has 3 aromatic rings. The molecule has 0 bridgehead atoms. The van der Waals surface area contributed by atoms with E-state index in [2.05, 4.69) is 0 Å². The smallest absolute Gasteiger partial charge is 0.224 e. The van der Waals surface area contributed by atoms with E-state index in [-0.39, 0.29) is 11.3 Å². The molecule has 3 N–H and O–H groups in total. The minimum Gasteiger partial charge on any atom is -0.504 e. The minimum atomic E-state index is -0.898. The second kappa shape index (κ2) is 4.31. The number of benzene rings is 1. The molecule has 0 amide bonds. The third-order valence-corrected chi connectivity index (χ3v) is 3.03. The highest BCUT2D eigenvalue weighted by molar-refractivity contribution is 5.84. The summed E-state index contributed by atoms with van der Waals surface area (Å²) in [7, 11) is 0. The molecule has 2 aromatic carbocycles. The largest absolute Gasteiger partial charge is 0.504 e. The number of aromatic hydroxyl groups is 3. The van der Waals surface area contributed by atoms with Crippen molar-refractivity contribution < 1.29 is 19.7 Å². The van der Waals surface area contributed by atoms with Crippen LogP contribution in [-0.2, 0) is 0 Å². The molecular weight excluding hydrogens is 260 g/mol. The van der Waals surface area contributed by atoms with Gasteiger partial charge in [-0.25, -0.2) is 0 Å². The van der Waals surface area contributed by atoms with Crippen molar-refractivity contribution in [1.82, 2.24) is 0 Å². The summed E-state index contributed by atoms with van der Waals surface area (Å²) in [5.41, 5.74) is -0.0595. The number of para-hydroxylation sites is 1. The van der Waals surface area contributed by atoms with Gasteiger partial charge in [-0.3, -0.25) is 4.79 Å². The summed E-state index contributed by atoms with van der Waals surface area (Å²) in [6, 6.07) is 11.2. The molecule has 20 heavy (non-hydrogen) atoms. The number of hydrogen-bond donors (Lipinski definition) is 3. The Morgan fingerprint density at radius 3 is 2.35 bits per heavy atom. The van der Waals surface area contributed by atoms with Crippen LogP contribution in [0.1, 0.15) is 0 Å². The summed E-state index contributed by atoms with van der Waals surface area (Å²) >= 11 is 0. The minimum absolute atomic E-state index is 0.121. The number of rotatable bonds is 1. The average Bonchev–Trinajstić information content (AvgIpc) is 2.85. The predicted octanol–water partition coefficient (Wildman–Crippen LogP) is 2.58. The molecule has 1 aromatic heterocycles. The Bertz CT molecular complexity index is 831. The van der Waals surface area contributed by atoms with Crippen LogP contribution >= 0.6 is 0 Å². The molecule has 100 valence electrons. The van der Waals surface area contributed by atoms with Crippen molar-refractivity contribution in [2.75, 3.05) is 0 Å². The lowest BCUT2D eigenvalue weighted by atomic mass is 10.2. The van der Waals surface area contributed by atoms with Crippen LogP contribution in [0, 0.1) is 0 Å². The highest BCUT2D eigenvalue weighted by atomic mass is 16.3. The summed E-state index contributed by atoms with van der Waals surface area (Å²) in [5.74, 6) is -2.09. The van der Waals surface area contributed by atoms with Crippen LogP contribution in [0.3, 0.4) is 0 Å². The molecule has 0 spiro atoms. The molecule has 0 atom stereocenters. The summed E-state index contributed by atoms with van der Waals surface area (Å²) in [4.78, 5) is 11.4. The Labute approximate surface area is 113 Å². The van der Waals surface area contributed by atoms with Crippen LogP contribution in [0.25, 0.3) is 22.3 Å². The Hall–Kier alpha value is -2.95. The molecule has 0 aliphatic heterocycles. The molecule has 0 fully saturated rings. The van der Waals surface area contributed by atoms with Gasteiger partial charge in [0.25, 0.3) is 0 Å². The van der Waals surface area contributed by atoms with Crippen molar-refractivity contribution in [2.24, 2.45) is 0 Å². The second-order valence-corrected chi connectivity index (χ2v) is 4.31. The van der Waals surface area contributed by atoms with Crippen molar-refractivity contribution in [3.8, 4) is 28.6 Å². The van der Waals surface area contributed by atoms with E-state index in [1.807, 2.05) is 12.1 Å². The van der Waals surface area contributed by atoms with Crippen LogP contribution in [0.2, 0.25) is 0 Å². The molecule has 0 radical (unpaired) electrons. The van der Waals surface area contributed by atoms with Gasteiger partial charge in [-0.2, -0.15) is 0 Å². The topological polar surface area (TPSA) is 90.9 Å². The van der Waals surface area contributed by atoms with Gasteiger partial charge in [0.15, 0.2) is 5.75 Å². The van der Waals surface area contributed by atoms with Gasteiger partial charge in [0.05, 0.1) is 5.56 Å². The highest BCUT2D eigenvalue weighted by Gasteiger charge is 2.16. The zero-order chi connectivity index (χ0) is 14.3. The molecule has 3 rings (SSSR count). The maximum atomic E-state index is 11.4. The number of fused-ring (bicyclic) bond motifs is 1. The van der Waals surface area contributed by atoms with E-state index in [4.69, 9.17) is 4.42 Å². The van der Waals surface area contributed by atoms with Crippen LogP contribution in [0.5, 0.6) is 17.2 Å². The quantitative estimate of drug-likeness (QED) is 0.632. The number of hydrogen-bond acceptors (Lipinski definition) is 5. The molecule has 0 unspecified atom stereocenters. The lowest BCUT2D eigenvalue weighted by Gasteiger charge is -1.98. The van der Waals surface area contributed by atoms with E-state index >= 15 is 0 Å². The first-order chi connectivity index (χ1) is 9.58. The summed E-state index contributed by atoms with van der Waals surface area (Å²) < 4.78 is 5.56. The van der Waals surface area contributed by atoms with Crippen molar-refractivity contribution in [2.45, 2.75) is 0 Å². The molecule has 0 saturated heterocycles. The zero-order valence-electron chi connectivity index (χ0n) is 10.2. The van der Waals surface area contributed by atoms with E-state index in [1.54, 1.807) is 18.2 Å². The van der Waals surface area contributed by atoms with Crippen molar-refractivity contribution in [3.05, 3.63) is 52.7 Å². The third kappa shape index (κ3) is 1.76. The van der Waals surface area contributed by atoms with Crippen molar-refractivity contribution >= 4 is 11.0 Å². The van der Waals surface area contributed by atoms with E-state index in [1.165, 1.54) is 6.07 Å². The summed E-state index contributed by atoms with van der Waals surface area (Å²) in [6.45, 7) is 0. The molecule has 5 nitrogen and oxygen atoms in total. The maximum Gasteiger partial charge on any atom is 0.224 e. The van der Waals surface area contributed by atoms with E-state index in [0.717, 1.165) is 11.5 Å². The third-order valence-electron chi connectivity index (χ3n) is 3.03. The Kier molecular flexibility index (Phi) is 2.61. The van der Waals surface area contributed by atoms with E-state index in [0.29, 0.717) is 5.58 Å². The fourth-order valence-corrected chi connectivity index (χ4v) is 1.99. The summed E-state index contributed by atoms with van der Waals surface area (Å²) in [5, 5.41) is 29.8. The van der Waals surface area contributed by atoms with Gasteiger partial charge in [-0.15, -0.1) is 0 Å². The monoisotopic (exact) mass is 270 g/mol. The van der Waals surface area contributed by atoms with Crippen molar-refractivity contribution in [3.63, 3.8) is 0 Å². The van der Waals surface area contributed by atoms with Gasteiger partial charge in [-0.05, 0) is 24.3 Å². The standard InChI is InChI=1S/C15H10O5/c16-10-6-5-9(13(17)15(19)14(10)18)12-7-8-3-1-2-4-11(8)20-12/h1-7H,(H3,16,17,18,19). The molecule has 5 heteroatoms. The fraction of sp³-hybridized carbons (Fsp3) is 0. The van der Waals surface area contributed by atoms with Gasteiger partial charge < -0.3 is 19.7 Å². The molecule has 0 aliphatic rings. The lowest BCUT2D eigenvalue weighted by Crippen LogP contribution is -1.92. The van der Waals surface area contributed by atoms with Crippen LogP contribution < -0.4 is 5.43 Å². The molecular formula is C15H10O5. The van der Waals surface area contributed by atoms with Gasteiger partial charge >= 0.3 is 0 Å². The fourth-order valence-electron chi connectivity index (χ4n) is 1.99. The van der Waals surface area contributed by atoms with Gasteiger partial charge in [0.2, 0.25) is 16.9 Å². The molecule has 1 heterocycles. The Morgan fingerprint density at radius 2 is 1.60 bits per heavy atom. The lowest BCUT2D eigenvalue weighted by molar-refractivity contribution is 0.368. The van der Waals surface area contributed by atoms with Crippen LogP contribution in [0.15, 0.2) is 51.7 Å². The average molecular weight is 270 g/mol.